The molecule has 166 valence electrons. The van der Waals surface area contributed by atoms with Crippen LogP contribution < -0.4 is 10.2 Å². The Balaban J connectivity index is 1.42. The maximum atomic E-state index is 13.1. The fraction of sp³-hybridized carbons (Fsp3) is 0.455. The van der Waals surface area contributed by atoms with Gasteiger partial charge in [-0.05, 0) is 49.6 Å². The Kier molecular flexibility index (Phi) is 6.54. The number of carbonyl (C=O) groups excluding carboxylic acids is 1. The highest BCUT2D eigenvalue weighted by atomic mass is 32.2. The topological polar surface area (TPSA) is 91.8 Å². The Labute approximate surface area is 183 Å². The van der Waals surface area contributed by atoms with Crippen molar-refractivity contribution < 1.29 is 17.9 Å². The molecule has 2 fully saturated rings. The van der Waals surface area contributed by atoms with Crippen molar-refractivity contribution in [3.63, 3.8) is 0 Å². The first-order valence-electron chi connectivity index (χ1n) is 10.6. The Morgan fingerprint density at radius 1 is 1.16 bits per heavy atom. The van der Waals surface area contributed by atoms with Gasteiger partial charge >= 0.3 is 0 Å². The van der Waals surface area contributed by atoms with Crippen molar-refractivity contribution in [2.75, 3.05) is 37.7 Å². The van der Waals surface area contributed by atoms with Crippen LogP contribution in [-0.2, 0) is 26.1 Å². The third kappa shape index (κ3) is 4.89. The Bertz CT molecular complexity index is 1020. The van der Waals surface area contributed by atoms with E-state index in [1.54, 1.807) is 30.5 Å². The summed E-state index contributed by atoms with van der Waals surface area (Å²) >= 11 is 0. The van der Waals surface area contributed by atoms with Gasteiger partial charge in [-0.15, -0.1) is 0 Å². The molecule has 2 aliphatic rings. The molecule has 4 rings (SSSR count). The number of hydrogen-bond donors (Lipinski definition) is 1. The van der Waals surface area contributed by atoms with Crippen molar-refractivity contribution in [3.8, 4) is 0 Å². The number of anilines is 1. The lowest BCUT2D eigenvalue weighted by atomic mass is 10.2. The zero-order valence-corrected chi connectivity index (χ0v) is 18.5. The van der Waals surface area contributed by atoms with Gasteiger partial charge in [-0.25, -0.2) is 13.4 Å². The summed E-state index contributed by atoms with van der Waals surface area (Å²) in [5.74, 6) is 0.595. The van der Waals surface area contributed by atoms with E-state index in [0.29, 0.717) is 39.1 Å². The average Bonchev–Trinajstić information content (AvgIpc) is 3.30. The molecule has 0 saturated carbocycles. The number of morpholine rings is 1. The maximum absolute atomic E-state index is 13.1. The molecule has 31 heavy (non-hydrogen) atoms. The molecule has 2 saturated heterocycles. The van der Waals surface area contributed by atoms with E-state index in [2.05, 4.69) is 15.2 Å². The van der Waals surface area contributed by atoms with Gasteiger partial charge in [0.25, 0.3) is 0 Å². The molecule has 1 atom stereocenters. The second kappa shape index (κ2) is 9.33. The monoisotopic (exact) mass is 444 g/mol. The van der Waals surface area contributed by atoms with E-state index >= 15 is 0 Å². The van der Waals surface area contributed by atoms with E-state index in [1.807, 2.05) is 19.1 Å². The number of sulfonamides is 1. The van der Waals surface area contributed by atoms with Gasteiger partial charge in [0.05, 0.1) is 18.1 Å². The van der Waals surface area contributed by atoms with Crippen molar-refractivity contribution in [2.45, 2.75) is 37.2 Å². The van der Waals surface area contributed by atoms with Crippen molar-refractivity contribution >= 4 is 21.7 Å². The van der Waals surface area contributed by atoms with Crippen LogP contribution in [0.2, 0.25) is 0 Å². The molecule has 2 aromatic rings. The van der Waals surface area contributed by atoms with E-state index in [4.69, 9.17) is 4.74 Å². The SMILES string of the molecule is Cc1ccc(S(=O)(=O)N2CCC[C@H]2C(=O)NCc2ccnc(N3CCOCC3)c2)cc1. The Morgan fingerprint density at radius 2 is 1.90 bits per heavy atom. The van der Waals surface area contributed by atoms with E-state index in [0.717, 1.165) is 30.0 Å². The number of amides is 1. The van der Waals surface area contributed by atoms with Crippen LogP contribution in [0.4, 0.5) is 5.82 Å². The number of carbonyl (C=O) groups is 1. The standard InChI is InChI=1S/C22H28N4O4S/c1-17-4-6-19(7-5-17)31(28,29)26-10-2-3-20(26)22(27)24-16-18-8-9-23-21(15-18)25-11-13-30-14-12-25/h4-9,15,20H,2-3,10-14,16H2,1H3,(H,24,27)/t20-/m0/s1. The largest absolute Gasteiger partial charge is 0.378 e. The van der Waals surface area contributed by atoms with Gasteiger partial charge in [0.1, 0.15) is 11.9 Å². The Morgan fingerprint density at radius 3 is 2.65 bits per heavy atom. The number of benzene rings is 1. The molecule has 0 aliphatic carbocycles. The maximum Gasteiger partial charge on any atom is 0.243 e. The summed E-state index contributed by atoms with van der Waals surface area (Å²) < 4.78 is 32.9. The van der Waals surface area contributed by atoms with Gasteiger partial charge in [-0.3, -0.25) is 4.79 Å². The molecule has 0 spiro atoms. The van der Waals surface area contributed by atoms with Crippen LogP contribution in [-0.4, -0.2) is 62.5 Å². The first kappa shape index (κ1) is 21.7. The normalized spacial score (nSPS) is 20.0. The number of hydrogen-bond acceptors (Lipinski definition) is 6. The van der Waals surface area contributed by atoms with Crippen molar-refractivity contribution in [3.05, 3.63) is 53.7 Å². The molecule has 0 radical (unpaired) electrons. The lowest BCUT2D eigenvalue weighted by molar-refractivity contribution is -0.124. The van der Waals surface area contributed by atoms with Gasteiger partial charge in [0.15, 0.2) is 0 Å². The van der Waals surface area contributed by atoms with E-state index in [-0.39, 0.29) is 10.8 Å². The van der Waals surface area contributed by atoms with Crippen molar-refractivity contribution in [1.29, 1.82) is 0 Å². The molecular weight excluding hydrogens is 416 g/mol. The van der Waals surface area contributed by atoms with Gasteiger partial charge in [0, 0.05) is 32.4 Å². The van der Waals surface area contributed by atoms with Crippen LogP contribution in [0.25, 0.3) is 0 Å². The molecule has 1 aromatic heterocycles. The molecule has 1 N–H and O–H groups in total. The lowest BCUT2D eigenvalue weighted by Gasteiger charge is -2.28. The molecule has 9 heteroatoms. The zero-order chi connectivity index (χ0) is 21.8. The minimum Gasteiger partial charge on any atom is -0.378 e. The van der Waals surface area contributed by atoms with Crippen LogP contribution in [0.1, 0.15) is 24.0 Å². The van der Waals surface area contributed by atoms with Gasteiger partial charge in [-0.2, -0.15) is 4.31 Å². The minimum atomic E-state index is -3.71. The van der Waals surface area contributed by atoms with Gasteiger partial charge in [-0.1, -0.05) is 17.7 Å². The summed E-state index contributed by atoms with van der Waals surface area (Å²) in [5.41, 5.74) is 1.92. The van der Waals surface area contributed by atoms with E-state index < -0.39 is 16.1 Å². The van der Waals surface area contributed by atoms with E-state index in [9.17, 15) is 13.2 Å². The number of rotatable bonds is 6. The fourth-order valence-electron chi connectivity index (χ4n) is 3.98. The predicted molar refractivity (Wildman–Crippen MR) is 117 cm³/mol. The Hall–Kier alpha value is -2.49. The molecule has 2 aliphatic heterocycles. The quantitative estimate of drug-likeness (QED) is 0.729. The summed E-state index contributed by atoms with van der Waals surface area (Å²) in [7, 11) is -3.71. The van der Waals surface area contributed by atoms with Crippen LogP contribution in [0.15, 0.2) is 47.5 Å². The predicted octanol–water partition coefficient (Wildman–Crippen LogP) is 1.70. The van der Waals surface area contributed by atoms with Crippen LogP contribution in [0.5, 0.6) is 0 Å². The lowest BCUT2D eigenvalue weighted by Crippen LogP contribution is -2.45. The molecule has 3 heterocycles. The first-order chi connectivity index (χ1) is 14.9. The zero-order valence-electron chi connectivity index (χ0n) is 17.7. The summed E-state index contributed by atoms with van der Waals surface area (Å²) in [6.45, 7) is 5.52. The first-order valence-corrected chi connectivity index (χ1v) is 12.0. The summed E-state index contributed by atoms with van der Waals surface area (Å²) in [6.07, 6.45) is 2.92. The molecular formula is C22H28N4O4S. The highest BCUT2D eigenvalue weighted by Gasteiger charge is 2.39. The number of ether oxygens (including phenoxy) is 1. The number of aromatic nitrogens is 1. The van der Waals surface area contributed by atoms with Gasteiger partial charge < -0.3 is 15.0 Å². The molecule has 8 nitrogen and oxygen atoms in total. The van der Waals surface area contributed by atoms with Crippen LogP contribution >= 0.6 is 0 Å². The number of aryl methyl sites for hydroxylation is 1. The smallest absolute Gasteiger partial charge is 0.243 e. The van der Waals surface area contributed by atoms with Crippen molar-refractivity contribution in [2.24, 2.45) is 0 Å². The second-order valence-corrected chi connectivity index (χ2v) is 9.82. The fourth-order valence-corrected chi connectivity index (χ4v) is 5.63. The summed E-state index contributed by atoms with van der Waals surface area (Å²) in [4.78, 5) is 19.7. The number of nitrogens with one attached hydrogen (secondary N) is 1. The highest BCUT2D eigenvalue weighted by Crippen LogP contribution is 2.26. The van der Waals surface area contributed by atoms with Crippen LogP contribution in [0.3, 0.4) is 0 Å². The van der Waals surface area contributed by atoms with Gasteiger partial charge in [0.2, 0.25) is 15.9 Å². The summed E-state index contributed by atoms with van der Waals surface area (Å²) in [6, 6.07) is 9.87. The third-order valence-electron chi connectivity index (χ3n) is 5.75. The minimum absolute atomic E-state index is 0.224. The molecule has 0 unspecified atom stereocenters. The average molecular weight is 445 g/mol. The van der Waals surface area contributed by atoms with Crippen molar-refractivity contribution in [1.82, 2.24) is 14.6 Å². The molecule has 0 bridgehead atoms. The highest BCUT2D eigenvalue weighted by molar-refractivity contribution is 7.89. The van der Waals surface area contributed by atoms with Crippen LogP contribution in [0, 0.1) is 6.92 Å². The number of nitrogens with zero attached hydrogens (tertiary/aromatic N) is 3. The molecule has 1 amide bonds. The second-order valence-electron chi connectivity index (χ2n) is 7.93. The number of pyridine rings is 1. The van der Waals surface area contributed by atoms with E-state index in [1.165, 1.54) is 4.31 Å². The summed E-state index contributed by atoms with van der Waals surface area (Å²) in [5, 5.41) is 2.92. The third-order valence-corrected chi connectivity index (χ3v) is 7.67. The molecule has 1 aromatic carbocycles.